The van der Waals surface area contributed by atoms with Crippen LogP contribution in [0.4, 0.5) is 0 Å². The third-order valence-electron chi connectivity index (χ3n) is 2.04. The van der Waals surface area contributed by atoms with Gasteiger partial charge in [0.2, 0.25) is 0 Å². The van der Waals surface area contributed by atoms with Crippen molar-refractivity contribution in [1.29, 1.82) is 0 Å². The van der Waals surface area contributed by atoms with E-state index in [4.69, 9.17) is 11.6 Å². The van der Waals surface area contributed by atoms with Crippen LogP contribution >= 0.6 is 11.6 Å². The molecule has 0 bridgehead atoms. The summed E-state index contributed by atoms with van der Waals surface area (Å²) in [5.41, 5.74) is 0. The molecule has 0 spiro atoms. The van der Waals surface area contributed by atoms with Crippen LogP contribution in [0, 0.1) is 0 Å². The minimum atomic E-state index is 0.639. The van der Waals surface area contributed by atoms with Crippen molar-refractivity contribution in [2.45, 2.75) is 52.0 Å². The molecule has 0 saturated heterocycles. The van der Waals surface area contributed by atoms with Crippen LogP contribution in [0.25, 0.3) is 0 Å². The van der Waals surface area contributed by atoms with Crippen molar-refractivity contribution in [2.75, 3.05) is 12.4 Å². The third kappa shape index (κ3) is 8.35. The number of rotatable bonds is 8. The highest BCUT2D eigenvalue weighted by Gasteiger charge is 1.98. The van der Waals surface area contributed by atoms with Gasteiger partial charge in [-0.2, -0.15) is 0 Å². The molecule has 0 aromatic carbocycles. The van der Waals surface area contributed by atoms with E-state index in [9.17, 15) is 0 Å². The molecule has 1 atom stereocenters. The summed E-state index contributed by atoms with van der Waals surface area (Å²) in [6, 6.07) is 0.639. The Balaban J connectivity index is 3.02. The number of hydrogen-bond donors (Lipinski definition) is 1. The fourth-order valence-corrected chi connectivity index (χ4v) is 1.36. The minimum Gasteiger partial charge on any atom is -0.314 e. The van der Waals surface area contributed by atoms with E-state index in [2.05, 4.69) is 19.2 Å². The highest BCUT2D eigenvalue weighted by molar-refractivity contribution is 6.17. The van der Waals surface area contributed by atoms with E-state index in [0.717, 1.165) is 18.8 Å². The first-order valence-corrected chi connectivity index (χ1v) is 5.64. The summed E-state index contributed by atoms with van der Waals surface area (Å²) in [5, 5.41) is 3.49. The summed E-state index contributed by atoms with van der Waals surface area (Å²) in [6.07, 6.45) is 6.29. The summed E-state index contributed by atoms with van der Waals surface area (Å²) in [4.78, 5) is 0. The van der Waals surface area contributed by atoms with Crippen molar-refractivity contribution in [3.05, 3.63) is 0 Å². The van der Waals surface area contributed by atoms with Crippen LogP contribution in [0.15, 0.2) is 0 Å². The summed E-state index contributed by atoms with van der Waals surface area (Å²) in [7, 11) is 0. The monoisotopic (exact) mass is 191 g/mol. The molecule has 0 aromatic rings. The second-order valence-corrected chi connectivity index (χ2v) is 3.77. The van der Waals surface area contributed by atoms with Crippen LogP contribution in [-0.4, -0.2) is 18.5 Å². The van der Waals surface area contributed by atoms with E-state index in [1.807, 2.05) is 0 Å². The lowest BCUT2D eigenvalue weighted by Gasteiger charge is -2.12. The smallest absolute Gasteiger partial charge is 0.0224 e. The maximum absolute atomic E-state index is 5.60. The van der Waals surface area contributed by atoms with Crippen molar-refractivity contribution in [3.8, 4) is 0 Å². The second-order valence-electron chi connectivity index (χ2n) is 3.39. The van der Waals surface area contributed by atoms with Gasteiger partial charge in [0.25, 0.3) is 0 Å². The van der Waals surface area contributed by atoms with Crippen LogP contribution in [-0.2, 0) is 0 Å². The lowest BCUT2D eigenvalue weighted by atomic mass is 10.2. The van der Waals surface area contributed by atoms with Gasteiger partial charge in [0.1, 0.15) is 0 Å². The molecule has 0 aliphatic carbocycles. The molecule has 0 saturated carbocycles. The number of hydrogen-bond acceptors (Lipinski definition) is 1. The molecule has 2 heteroatoms. The van der Waals surface area contributed by atoms with Crippen molar-refractivity contribution >= 4 is 11.6 Å². The normalized spacial score (nSPS) is 13.2. The van der Waals surface area contributed by atoms with Crippen molar-refractivity contribution in [3.63, 3.8) is 0 Å². The van der Waals surface area contributed by atoms with Gasteiger partial charge >= 0.3 is 0 Å². The lowest BCUT2D eigenvalue weighted by Crippen LogP contribution is -2.26. The average Bonchev–Trinajstić information content (AvgIpc) is 2.09. The molecular formula is C10H22ClN. The molecular weight excluding hydrogens is 170 g/mol. The summed E-state index contributed by atoms with van der Waals surface area (Å²) in [5.74, 6) is 0.793. The molecule has 0 aliphatic heterocycles. The zero-order valence-electron chi connectivity index (χ0n) is 8.41. The topological polar surface area (TPSA) is 12.0 Å². The van der Waals surface area contributed by atoms with E-state index in [0.29, 0.717) is 6.04 Å². The van der Waals surface area contributed by atoms with Gasteiger partial charge in [-0.1, -0.05) is 19.8 Å². The first kappa shape index (κ1) is 12.2. The van der Waals surface area contributed by atoms with Crippen molar-refractivity contribution in [1.82, 2.24) is 5.32 Å². The maximum atomic E-state index is 5.60. The Bertz CT molecular complexity index is 85.9. The SMILES string of the molecule is CCCCCNC(C)CCCCl. The van der Waals surface area contributed by atoms with E-state index >= 15 is 0 Å². The molecule has 0 aromatic heterocycles. The Kier molecular flexibility index (Phi) is 9.53. The predicted molar refractivity (Wildman–Crippen MR) is 56.9 cm³/mol. The number of alkyl halides is 1. The van der Waals surface area contributed by atoms with Gasteiger partial charge in [-0.25, -0.2) is 0 Å². The molecule has 0 amide bonds. The fraction of sp³-hybridized carbons (Fsp3) is 1.00. The molecule has 1 nitrogen and oxygen atoms in total. The van der Waals surface area contributed by atoms with E-state index < -0.39 is 0 Å². The number of nitrogens with one attached hydrogen (secondary N) is 1. The molecule has 74 valence electrons. The van der Waals surface area contributed by atoms with E-state index in [-0.39, 0.29) is 0 Å². The molecule has 0 rings (SSSR count). The van der Waals surface area contributed by atoms with E-state index in [1.165, 1.54) is 25.7 Å². The van der Waals surface area contributed by atoms with Gasteiger partial charge in [0.15, 0.2) is 0 Å². The van der Waals surface area contributed by atoms with E-state index in [1.54, 1.807) is 0 Å². The van der Waals surface area contributed by atoms with Crippen molar-refractivity contribution in [2.24, 2.45) is 0 Å². The number of unbranched alkanes of at least 4 members (excludes halogenated alkanes) is 2. The largest absolute Gasteiger partial charge is 0.314 e. The first-order valence-electron chi connectivity index (χ1n) is 5.10. The highest BCUT2D eigenvalue weighted by Crippen LogP contribution is 1.99. The fourth-order valence-electron chi connectivity index (χ4n) is 1.21. The van der Waals surface area contributed by atoms with Gasteiger partial charge in [0, 0.05) is 11.9 Å². The van der Waals surface area contributed by atoms with Gasteiger partial charge in [0.05, 0.1) is 0 Å². The quantitative estimate of drug-likeness (QED) is 0.459. The molecule has 0 fully saturated rings. The molecule has 1 unspecified atom stereocenters. The summed E-state index contributed by atoms with van der Waals surface area (Å²) in [6.45, 7) is 5.63. The van der Waals surface area contributed by atoms with Crippen LogP contribution < -0.4 is 5.32 Å². The molecule has 0 aliphatic rings. The Labute approximate surface area is 81.9 Å². The predicted octanol–water partition coefficient (Wildman–Crippen LogP) is 3.17. The van der Waals surface area contributed by atoms with Gasteiger partial charge in [-0.15, -0.1) is 11.6 Å². The summed E-state index contributed by atoms with van der Waals surface area (Å²) < 4.78 is 0. The third-order valence-corrected chi connectivity index (χ3v) is 2.31. The van der Waals surface area contributed by atoms with Crippen LogP contribution in [0.1, 0.15) is 46.0 Å². The average molecular weight is 192 g/mol. The maximum Gasteiger partial charge on any atom is 0.0224 e. The van der Waals surface area contributed by atoms with Gasteiger partial charge in [-0.05, 0) is 32.7 Å². The minimum absolute atomic E-state index is 0.639. The van der Waals surface area contributed by atoms with Crippen LogP contribution in [0.2, 0.25) is 0 Å². The molecule has 1 N–H and O–H groups in total. The summed E-state index contributed by atoms with van der Waals surface area (Å²) >= 11 is 5.60. The standard InChI is InChI=1S/C10H22ClN/c1-3-4-5-9-12-10(2)7-6-8-11/h10,12H,3-9H2,1-2H3. The molecule has 12 heavy (non-hydrogen) atoms. The zero-order chi connectivity index (χ0) is 9.23. The zero-order valence-corrected chi connectivity index (χ0v) is 9.16. The van der Waals surface area contributed by atoms with Crippen LogP contribution in [0.5, 0.6) is 0 Å². The van der Waals surface area contributed by atoms with Crippen LogP contribution in [0.3, 0.4) is 0 Å². The Morgan fingerprint density at radius 1 is 1.25 bits per heavy atom. The van der Waals surface area contributed by atoms with Gasteiger partial charge in [-0.3, -0.25) is 0 Å². The lowest BCUT2D eigenvalue weighted by molar-refractivity contribution is 0.495. The molecule has 0 heterocycles. The van der Waals surface area contributed by atoms with Gasteiger partial charge < -0.3 is 5.32 Å². The van der Waals surface area contributed by atoms with Crippen molar-refractivity contribution < 1.29 is 0 Å². The first-order chi connectivity index (χ1) is 5.81. The Morgan fingerprint density at radius 2 is 2.00 bits per heavy atom. The Hall–Kier alpha value is 0.250. The second kappa shape index (κ2) is 9.34. The number of halogens is 1. The Morgan fingerprint density at radius 3 is 2.58 bits per heavy atom. The molecule has 0 radical (unpaired) electrons. The highest BCUT2D eigenvalue weighted by atomic mass is 35.5.